The maximum absolute atomic E-state index is 11.8. The Balaban J connectivity index is 1.90. The van der Waals surface area contributed by atoms with Crippen LogP contribution in [0.25, 0.3) is 0 Å². The summed E-state index contributed by atoms with van der Waals surface area (Å²) in [6.45, 7) is 5.65. The van der Waals surface area contributed by atoms with Gasteiger partial charge in [-0.15, -0.1) is 0 Å². The van der Waals surface area contributed by atoms with Crippen molar-refractivity contribution in [1.29, 1.82) is 0 Å². The van der Waals surface area contributed by atoms with Crippen LogP contribution in [0.15, 0.2) is 47.6 Å². The van der Waals surface area contributed by atoms with Crippen LogP contribution in [-0.2, 0) is 4.79 Å². The van der Waals surface area contributed by atoms with Crippen molar-refractivity contribution in [1.82, 2.24) is 5.43 Å². The van der Waals surface area contributed by atoms with E-state index in [1.54, 1.807) is 12.1 Å². The van der Waals surface area contributed by atoms with Crippen LogP contribution in [0.1, 0.15) is 23.6 Å². The highest BCUT2D eigenvalue weighted by molar-refractivity contribution is 6.30. The first kappa shape index (κ1) is 17.0. The molecule has 0 aliphatic heterocycles. The average Bonchev–Trinajstić information content (AvgIpc) is 2.54. The molecule has 0 saturated carbocycles. The number of rotatable bonds is 5. The van der Waals surface area contributed by atoms with Crippen molar-refractivity contribution in [3.8, 4) is 5.75 Å². The molecule has 0 spiro atoms. The second-order valence-corrected chi connectivity index (χ2v) is 5.73. The highest BCUT2D eigenvalue weighted by Crippen LogP contribution is 2.18. The van der Waals surface area contributed by atoms with E-state index in [4.69, 9.17) is 16.3 Å². The molecule has 5 heteroatoms. The number of hydrogen-bond donors (Lipinski definition) is 1. The lowest BCUT2D eigenvalue weighted by molar-refractivity contribution is -0.123. The quantitative estimate of drug-likeness (QED) is 0.668. The number of amides is 1. The lowest BCUT2D eigenvalue weighted by Gasteiger charge is -2.09. The number of carbonyl (C=O) groups excluding carboxylic acids is 1. The fourth-order valence-corrected chi connectivity index (χ4v) is 2.07. The van der Waals surface area contributed by atoms with Gasteiger partial charge < -0.3 is 4.74 Å². The Kier molecular flexibility index (Phi) is 5.77. The molecule has 0 aliphatic rings. The van der Waals surface area contributed by atoms with Crippen molar-refractivity contribution < 1.29 is 9.53 Å². The zero-order chi connectivity index (χ0) is 16.8. The Bertz CT molecular complexity index is 724. The Labute approximate surface area is 141 Å². The molecule has 2 aromatic rings. The molecule has 1 amide bonds. The largest absolute Gasteiger partial charge is 0.483 e. The van der Waals surface area contributed by atoms with Crippen LogP contribution in [0.2, 0.25) is 5.02 Å². The Hall–Kier alpha value is -2.33. The monoisotopic (exact) mass is 330 g/mol. The number of halogens is 1. The number of nitrogens with zero attached hydrogens (tertiary/aromatic N) is 1. The van der Waals surface area contributed by atoms with Gasteiger partial charge in [0.15, 0.2) is 6.61 Å². The lowest BCUT2D eigenvalue weighted by atomic mass is 10.1. The number of ether oxygens (including phenoxy) is 1. The maximum atomic E-state index is 11.8. The summed E-state index contributed by atoms with van der Waals surface area (Å²) in [4.78, 5) is 11.8. The summed E-state index contributed by atoms with van der Waals surface area (Å²) >= 11 is 5.84. The van der Waals surface area contributed by atoms with E-state index < -0.39 is 0 Å². The molecule has 0 bridgehead atoms. The van der Waals surface area contributed by atoms with Gasteiger partial charge in [-0.25, -0.2) is 5.43 Å². The van der Waals surface area contributed by atoms with Crippen molar-refractivity contribution in [2.45, 2.75) is 20.8 Å². The van der Waals surface area contributed by atoms with Gasteiger partial charge in [0, 0.05) is 5.02 Å². The fraction of sp³-hybridized carbons (Fsp3) is 0.222. The molecule has 0 atom stereocenters. The average molecular weight is 331 g/mol. The van der Waals surface area contributed by atoms with Crippen LogP contribution in [0, 0.1) is 13.8 Å². The molecule has 0 saturated heterocycles. The van der Waals surface area contributed by atoms with E-state index in [0.29, 0.717) is 16.5 Å². The molecule has 1 N–H and O–H groups in total. The van der Waals surface area contributed by atoms with Gasteiger partial charge in [-0.3, -0.25) is 4.79 Å². The van der Waals surface area contributed by atoms with Crippen LogP contribution in [0.4, 0.5) is 0 Å². The van der Waals surface area contributed by atoms with E-state index in [0.717, 1.165) is 16.7 Å². The molecular formula is C18H19ClN2O2. The minimum Gasteiger partial charge on any atom is -0.483 e. The van der Waals surface area contributed by atoms with E-state index in [1.165, 1.54) is 0 Å². The van der Waals surface area contributed by atoms with Crippen LogP contribution < -0.4 is 10.2 Å². The number of carbonyl (C=O) groups is 1. The molecule has 120 valence electrons. The Morgan fingerprint density at radius 3 is 2.57 bits per heavy atom. The zero-order valence-electron chi connectivity index (χ0n) is 13.4. The third kappa shape index (κ3) is 5.11. The summed E-state index contributed by atoms with van der Waals surface area (Å²) in [5.74, 6) is 0.401. The van der Waals surface area contributed by atoms with Gasteiger partial charge in [0.1, 0.15) is 5.75 Å². The Morgan fingerprint density at radius 2 is 1.87 bits per heavy atom. The van der Waals surface area contributed by atoms with Gasteiger partial charge in [-0.1, -0.05) is 35.9 Å². The summed E-state index contributed by atoms with van der Waals surface area (Å²) < 4.78 is 5.53. The highest BCUT2D eigenvalue weighted by Gasteiger charge is 2.05. The summed E-state index contributed by atoms with van der Waals surface area (Å²) in [6, 6.07) is 13.1. The minimum atomic E-state index is -0.306. The van der Waals surface area contributed by atoms with Crippen LogP contribution in [0.5, 0.6) is 5.75 Å². The van der Waals surface area contributed by atoms with Crippen LogP contribution in [-0.4, -0.2) is 18.2 Å². The standard InChI is InChI=1S/C18H19ClN2O2/c1-12-4-5-13(2)17(10-12)23-11-18(22)21-20-14(3)15-6-8-16(19)9-7-15/h4-10H,11H2,1-3H3,(H,21,22)/b20-14+. The number of hydrazone groups is 1. The first-order valence-electron chi connectivity index (χ1n) is 7.25. The molecule has 0 aromatic heterocycles. The molecule has 0 unspecified atom stereocenters. The fourth-order valence-electron chi connectivity index (χ4n) is 1.94. The van der Waals surface area contributed by atoms with Crippen molar-refractivity contribution in [3.63, 3.8) is 0 Å². The molecule has 0 aliphatic carbocycles. The number of nitrogens with one attached hydrogen (secondary N) is 1. The van der Waals surface area contributed by atoms with Crippen LogP contribution >= 0.6 is 11.6 Å². The topological polar surface area (TPSA) is 50.7 Å². The SMILES string of the molecule is C/C(=N\NC(=O)COc1cc(C)ccc1C)c1ccc(Cl)cc1. The molecule has 0 heterocycles. The second kappa shape index (κ2) is 7.79. The van der Waals surface area contributed by atoms with E-state index in [1.807, 2.05) is 51.1 Å². The van der Waals surface area contributed by atoms with E-state index in [-0.39, 0.29) is 12.5 Å². The summed E-state index contributed by atoms with van der Waals surface area (Å²) in [6.07, 6.45) is 0. The minimum absolute atomic E-state index is 0.0817. The van der Waals surface area contributed by atoms with E-state index in [2.05, 4.69) is 10.5 Å². The number of hydrogen-bond acceptors (Lipinski definition) is 3. The zero-order valence-corrected chi connectivity index (χ0v) is 14.1. The maximum Gasteiger partial charge on any atom is 0.277 e. The molecule has 2 aromatic carbocycles. The Morgan fingerprint density at radius 1 is 1.17 bits per heavy atom. The predicted molar refractivity (Wildman–Crippen MR) is 93.2 cm³/mol. The highest BCUT2D eigenvalue weighted by atomic mass is 35.5. The van der Waals surface area contributed by atoms with Gasteiger partial charge in [-0.05, 0) is 55.7 Å². The van der Waals surface area contributed by atoms with Gasteiger partial charge in [0.25, 0.3) is 5.91 Å². The molecular weight excluding hydrogens is 312 g/mol. The summed E-state index contributed by atoms with van der Waals surface area (Å²) in [5, 5.41) is 4.73. The lowest BCUT2D eigenvalue weighted by Crippen LogP contribution is -2.25. The van der Waals surface area contributed by atoms with Crippen molar-refractivity contribution in [2.75, 3.05) is 6.61 Å². The molecule has 23 heavy (non-hydrogen) atoms. The van der Waals surface area contributed by atoms with Crippen molar-refractivity contribution >= 4 is 23.2 Å². The van der Waals surface area contributed by atoms with Crippen molar-refractivity contribution in [2.24, 2.45) is 5.10 Å². The third-order valence-corrected chi connectivity index (χ3v) is 3.56. The summed E-state index contributed by atoms with van der Waals surface area (Å²) in [7, 11) is 0. The molecule has 0 radical (unpaired) electrons. The van der Waals surface area contributed by atoms with Crippen molar-refractivity contribution in [3.05, 3.63) is 64.2 Å². The number of aryl methyl sites for hydroxylation is 2. The van der Waals surface area contributed by atoms with Gasteiger partial charge in [0.05, 0.1) is 5.71 Å². The van der Waals surface area contributed by atoms with Gasteiger partial charge in [0.2, 0.25) is 0 Å². The second-order valence-electron chi connectivity index (χ2n) is 5.30. The third-order valence-electron chi connectivity index (χ3n) is 3.31. The van der Waals surface area contributed by atoms with Gasteiger partial charge >= 0.3 is 0 Å². The van der Waals surface area contributed by atoms with E-state index >= 15 is 0 Å². The summed E-state index contributed by atoms with van der Waals surface area (Å²) in [5.41, 5.74) is 6.16. The smallest absolute Gasteiger partial charge is 0.277 e. The molecule has 4 nitrogen and oxygen atoms in total. The normalized spacial score (nSPS) is 11.2. The molecule has 2 rings (SSSR count). The number of benzene rings is 2. The first-order valence-corrected chi connectivity index (χ1v) is 7.62. The van der Waals surface area contributed by atoms with E-state index in [9.17, 15) is 4.79 Å². The van der Waals surface area contributed by atoms with Gasteiger partial charge in [-0.2, -0.15) is 5.10 Å². The predicted octanol–water partition coefficient (Wildman–Crippen LogP) is 3.88. The van der Waals surface area contributed by atoms with Crippen LogP contribution in [0.3, 0.4) is 0 Å². The first-order chi connectivity index (χ1) is 11.0. The molecule has 0 fully saturated rings.